The SMILES string of the molecule is COc1c(C)cc(C(C)N)c(F)c1OC. The number of rotatable bonds is 3. The number of halogens is 1. The maximum absolute atomic E-state index is 13.9. The van der Waals surface area contributed by atoms with Gasteiger partial charge >= 0.3 is 0 Å². The molecule has 0 spiro atoms. The van der Waals surface area contributed by atoms with Gasteiger partial charge in [-0.05, 0) is 25.5 Å². The summed E-state index contributed by atoms with van der Waals surface area (Å²) in [5.74, 6) is 0.0825. The van der Waals surface area contributed by atoms with Crippen molar-refractivity contribution >= 4 is 0 Å². The molecule has 0 radical (unpaired) electrons. The Morgan fingerprint density at radius 2 is 1.80 bits per heavy atom. The molecular weight excluding hydrogens is 197 g/mol. The third-order valence-corrected chi connectivity index (χ3v) is 2.29. The predicted molar refractivity (Wildman–Crippen MR) is 56.8 cm³/mol. The van der Waals surface area contributed by atoms with E-state index in [4.69, 9.17) is 15.2 Å². The second-order valence-corrected chi connectivity index (χ2v) is 3.45. The van der Waals surface area contributed by atoms with Crippen LogP contribution >= 0.6 is 0 Å². The first-order valence-corrected chi connectivity index (χ1v) is 4.69. The van der Waals surface area contributed by atoms with E-state index in [2.05, 4.69) is 0 Å². The summed E-state index contributed by atoms with van der Waals surface area (Å²) in [4.78, 5) is 0. The van der Waals surface area contributed by atoms with E-state index in [1.165, 1.54) is 14.2 Å². The van der Waals surface area contributed by atoms with Gasteiger partial charge in [0, 0.05) is 11.6 Å². The van der Waals surface area contributed by atoms with E-state index in [9.17, 15) is 4.39 Å². The van der Waals surface area contributed by atoms with E-state index in [-0.39, 0.29) is 11.8 Å². The molecule has 0 aliphatic carbocycles. The number of methoxy groups -OCH3 is 2. The van der Waals surface area contributed by atoms with Gasteiger partial charge < -0.3 is 15.2 Å². The van der Waals surface area contributed by atoms with Crippen LogP contribution in [0.5, 0.6) is 11.5 Å². The van der Waals surface area contributed by atoms with Gasteiger partial charge in [-0.1, -0.05) is 0 Å². The molecule has 0 bridgehead atoms. The van der Waals surface area contributed by atoms with Crippen LogP contribution in [0, 0.1) is 12.7 Å². The van der Waals surface area contributed by atoms with Crippen LogP contribution in [0.2, 0.25) is 0 Å². The van der Waals surface area contributed by atoms with Crippen LogP contribution in [0.25, 0.3) is 0 Å². The summed E-state index contributed by atoms with van der Waals surface area (Å²) >= 11 is 0. The molecule has 0 aliphatic rings. The largest absolute Gasteiger partial charge is 0.492 e. The molecule has 1 aromatic rings. The van der Waals surface area contributed by atoms with Gasteiger partial charge in [0.2, 0.25) is 0 Å². The topological polar surface area (TPSA) is 44.5 Å². The molecule has 3 nitrogen and oxygen atoms in total. The van der Waals surface area contributed by atoms with E-state index in [1.54, 1.807) is 13.0 Å². The zero-order chi connectivity index (χ0) is 11.6. The molecule has 0 amide bonds. The van der Waals surface area contributed by atoms with Crippen LogP contribution in [0.3, 0.4) is 0 Å². The molecule has 2 N–H and O–H groups in total. The van der Waals surface area contributed by atoms with E-state index in [1.807, 2.05) is 6.92 Å². The normalized spacial score (nSPS) is 12.4. The number of ether oxygens (including phenoxy) is 2. The Bertz CT molecular complexity index is 364. The summed E-state index contributed by atoms with van der Waals surface area (Å²) in [7, 11) is 2.89. The third-order valence-electron chi connectivity index (χ3n) is 2.29. The molecule has 0 aliphatic heterocycles. The standard InChI is InChI=1S/C11H16FNO2/c1-6-5-8(7(2)13)9(12)11(15-4)10(6)14-3/h5,7H,13H2,1-4H3. The lowest BCUT2D eigenvalue weighted by molar-refractivity contribution is 0.333. The Hall–Kier alpha value is -1.29. The smallest absolute Gasteiger partial charge is 0.197 e. The Labute approximate surface area is 89.0 Å². The molecule has 1 atom stereocenters. The minimum Gasteiger partial charge on any atom is -0.492 e. The number of aryl methyl sites for hydroxylation is 1. The van der Waals surface area contributed by atoms with Gasteiger partial charge in [0.1, 0.15) is 0 Å². The molecule has 0 heterocycles. The molecule has 84 valence electrons. The minimum atomic E-state index is -0.449. The maximum atomic E-state index is 13.9. The van der Waals surface area contributed by atoms with Crippen LogP contribution in [0.1, 0.15) is 24.1 Å². The Balaban J connectivity index is 3.44. The lowest BCUT2D eigenvalue weighted by Crippen LogP contribution is -2.10. The molecule has 0 saturated carbocycles. The zero-order valence-electron chi connectivity index (χ0n) is 9.43. The van der Waals surface area contributed by atoms with Crippen molar-refractivity contribution in [3.63, 3.8) is 0 Å². The first kappa shape index (κ1) is 11.8. The van der Waals surface area contributed by atoms with Crippen molar-refractivity contribution < 1.29 is 13.9 Å². The van der Waals surface area contributed by atoms with Gasteiger partial charge in [-0.15, -0.1) is 0 Å². The fraction of sp³-hybridized carbons (Fsp3) is 0.455. The molecular formula is C11H16FNO2. The fourth-order valence-corrected chi connectivity index (χ4v) is 1.54. The number of hydrogen-bond acceptors (Lipinski definition) is 3. The summed E-state index contributed by atoms with van der Waals surface area (Å²) in [6, 6.07) is 1.31. The van der Waals surface area contributed by atoms with Crippen molar-refractivity contribution in [2.75, 3.05) is 14.2 Å². The van der Waals surface area contributed by atoms with Crippen LogP contribution in [0.15, 0.2) is 6.07 Å². The summed E-state index contributed by atoms with van der Waals surface area (Å²) in [6.45, 7) is 3.55. The number of hydrogen-bond donors (Lipinski definition) is 1. The number of benzene rings is 1. The molecule has 1 aromatic carbocycles. The quantitative estimate of drug-likeness (QED) is 0.836. The van der Waals surface area contributed by atoms with Crippen molar-refractivity contribution in [2.45, 2.75) is 19.9 Å². The highest BCUT2D eigenvalue weighted by molar-refractivity contribution is 5.50. The lowest BCUT2D eigenvalue weighted by Gasteiger charge is -2.16. The summed E-state index contributed by atoms with van der Waals surface area (Å²) < 4.78 is 23.9. The Kier molecular flexibility index (Phi) is 3.52. The highest BCUT2D eigenvalue weighted by Crippen LogP contribution is 2.36. The van der Waals surface area contributed by atoms with E-state index >= 15 is 0 Å². The van der Waals surface area contributed by atoms with Crippen LogP contribution in [-0.2, 0) is 0 Å². The average molecular weight is 213 g/mol. The van der Waals surface area contributed by atoms with Crippen molar-refractivity contribution in [1.29, 1.82) is 0 Å². The molecule has 1 unspecified atom stereocenters. The van der Waals surface area contributed by atoms with Crippen LogP contribution in [-0.4, -0.2) is 14.2 Å². The van der Waals surface area contributed by atoms with Gasteiger partial charge in [-0.2, -0.15) is 0 Å². The van der Waals surface area contributed by atoms with Gasteiger partial charge in [0.25, 0.3) is 0 Å². The Morgan fingerprint density at radius 1 is 1.27 bits per heavy atom. The first-order chi connectivity index (χ1) is 7.02. The van der Waals surface area contributed by atoms with E-state index < -0.39 is 5.82 Å². The highest BCUT2D eigenvalue weighted by atomic mass is 19.1. The van der Waals surface area contributed by atoms with Crippen LogP contribution in [0.4, 0.5) is 4.39 Å². The summed E-state index contributed by atoms with van der Waals surface area (Å²) in [5.41, 5.74) is 6.91. The molecule has 4 heteroatoms. The van der Waals surface area contributed by atoms with Gasteiger partial charge in [-0.25, -0.2) is 4.39 Å². The lowest BCUT2D eigenvalue weighted by atomic mass is 10.0. The second kappa shape index (κ2) is 4.49. The molecule has 1 rings (SSSR count). The maximum Gasteiger partial charge on any atom is 0.197 e. The molecule has 0 aromatic heterocycles. The van der Waals surface area contributed by atoms with Gasteiger partial charge in [0.05, 0.1) is 14.2 Å². The molecule has 0 fully saturated rings. The van der Waals surface area contributed by atoms with Crippen molar-refractivity contribution in [3.8, 4) is 11.5 Å². The monoisotopic (exact) mass is 213 g/mol. The Morgan fingerprint density at radius 3 is 2.20 bits per heavy atom. The van der Waals surface area contributed by atoms with Crippen molar-refractivity contribution in [1.82, 2.24) is 0 Å². The zero-order valence-corrected chi connectivity index (χ0v) is 9.43. The van der Waals surface area contributed by atoms with E-state index in [0.29, 0.717) is 11.3 Å². The summed E-state index contributed by atoms with van der Waals surface area (Å²) in [6.07, 6.45) is 0. The van der Waals surface area contributed by atoms with Gasteiger partial charge in [-0.3, -0.25) is 0 Å². The second-order valence-electron chi connectivity index (χ2n) is 3.45. The summed E-state index contributed by atoms with van der Waals surface area (Å²) in [5, 5.41) is 0. The van der Waals surface area contributed by atoms with Gasteiger partial charge in [0.15, 0.2) is 17.3 Å². The first-order valence-electron chi connectivity index (χ1n) is 4.69. The van der Waals surface area contributed by atoms with Crippen molar-refractivity contribution in [3.05, 3.63) is 23.0 Å². The number of nitrogens with two attached hydrogens (primary N) is 1. The predicted octanol–water partition coefficient (Wildman–Crippen LogP) is 2.17. The highest BCUT2D eigenvalue weighted by Gasteiger charge is 2.19. The minimum absolute atomic E-state index is 0.116. The van der Waals surface area contributed by atoms with E-state index in [0.717, 1.165) is 5.56 Å². The molecule has 15 heavy (non-hydrogen) atoms. The van der Waals surface area contributed by atoms with Crippen LogP contribution < -0.4 is 15.2 Å². The van der Waals surface area contributed by atoms with Crippen molar-refractivity contribution in [2.24, 2.45) is 5.73 Å². The fourth-order valence-electron chi connectivity index (χ4n) is 1.54. The average Bonchev–Trinajstić information content (AvgIpc) is 2.19. The third kappa shape index (κ3) is 2.04. The molecule has 0 saturated heterocycles.